The van der Waals surface area contributed by atoms with Crippen molar-refractivity contribution in [2.75, 3.05) is 0 Å². The van der Waals surface area contributed by atoms with Crippen LogP contribution in [0.5, 0.6) is 0 Å². The highest BCUT2D eigenvalue weighted by molar-refractivity contribution is 5.77. The molecule has 0 fully saturated rings. The van der Waals surface area contributed by atoms with Crippen LogP contribution in [-0.2, 0) is 0 Å². The van der Waals surface area contributed by atoms with Gasteiger partial charge in [0.15, 0.2) is 0 Å². The van der Waals surface area contributed by atoms with E-state index in [1.54, 1.807) is 12.1 Å². The van der Waals surface area contributed by atoms with Crippen molar-refractivity contribution in [2.45, 2.75) is 13.8 Å². The summed E-state index contributed by atoms with van der Waals surface area (Å²) in [5.74, 6) is -0.582. The molecule has 0 saturated carbocycles. The lowest BCUT2D eigenvalue weighted by Gasteiger charge is -2.14. The van der Waals surface area contributed by atoms with Gasteiger partial charge in [-0.05, 0) is 59.4 Å². The van der Waals surface area contributed by atoms with Gasteiger partial charge in [-0.1, -0.05) is 61.7 Å². The van der Waals surface area contributed by atoms with Crippen molar-refractivity contribution < 1.29 is 8.78 Å². The molecule has 0 aliphatic carbocycles. The summed E-state index contributed by atoms with van der Waals surface area (Å²) < 4.78 is 28.2. The van der Waals surface area contributed by atoms with E-state index in [1.165, 1.54) is 24.3 Å². The van der Waals surface area contributed by atoms with Crippen molar-refractivity contribution >= 4 is 12.2 Å². The lowest BCUT2D eigenvalue weighted by Crippen LogP contribution is -1.92. The molecule has 0 N–H and O–H groups in total. The molecule has 130 valence electrons. The second-order valence-corrected chi connectivity index (χ2v) is 6.36. The van der Waals surface area contributed by atoms with Crippen LogP contribution in [0.3, 0.4) is 0 Å². The largest absolute Gasteiger partial charge is 0.206 e. The third-order valence-corrected chi connectivity index (χ3v) is 4.63. The highest BCUT2D eigenvalue weighted by Gasteiger charge is 2.11. The summed E-state index contributed by atoms with van der Waals surface area (Å²) in [6.07, 6.45) is 3.00. The van der Waals surface area contributed by atoms with E-state index in [4.69, 9.17) is 0 Å². The van der Waals surface area contributed by atoms with Crippen LogP contribution in [0, 0.1) is 25.5 Å². The van der Waals surface area contributed by atoms with Gasteiger partial charge in [0.05, 0.1) is 0 Å². The molecule has 0 atom stereocenters. The van der Waals surface area contributed by atoms with Crippen molar-refractivity contribution in [3.05, 3.63) is 95.6 Å². The third-order valence-electron chi connectivity index (χ3n) is 4.63. The predicted molar refractivity (Wildman–Crippen MR) is 107 cm³/mol. The van der Waals surface area contributed by atoms with E-state index in [1.807, 2.05) is 38.1 Å². The van der Waals surface area contributed by atoms with Gasteiger partial charge in [0, 0.05) is 11.1 Å². The summed E-state index contributed by atoms with van der Waals surface area (Å²) in [6, 6.07) is 14.3. The molecular weight excluding hydrogens is 326 g/mol. The summed E-state index contributed by atoms with van der Waals surface area (Å²) in [5, 5.41) is 0. The summed E-state index contributed by atoms with van der Waals surface area (Å²) in [4.78, 5) is 0. The van der Waals surface area contributed by atoms with Crippen molar-refractivity contribution in [2.24, 2.45) is 0 Å². The summed E-state index contributed by atoms with van der Waals surface area (Å²) >= 11 is 0. The standard InChI is InChI=1S/C24H20F2/c1-5-17-7-9-19(13-23(17)25)21-11-16(4)22(12-15(21)3)20-10-8-18(6-2)24(26)14-20/h5-14H,1-2H2,3-4H3. The Morgan fingerprint density at radius 3 is 1.35 bits per heavy atom. The van der Waals surface area contributed by atoms with E-state index in [9.17, 15) is 8.78 Å². The molecule has 0 heterocycles. The Labute approximate surface area is 153 Å². The fourth-order valence-electron chi connectivity index (χ4n) is 3.16. The van der Waals surface area contributed by atoms with Crippen molar-refractivity contribution in [3.63, 3.8) is 0 Å². The zero-order chi connectivity index (χ0) is 18.8. The molecule has 0 unspecified atom stereocenters. The Morgan fingerprint density at radius 1 is 0.654 bits per heavy atom. The number of hydrogen-bond acceptors (Lipinski definition) is 0. The minimum Gasteiger partial charge on any atom is -0.206 e. The maximum Gasteiger partial charge on any atom is 0.131 e. The number of halogens is 2. The van der Waals surface area contributed by atoms with Gasteiger partial charge in [0.1, 0.15) is 11.6 Å². The lowest BCUT2D eigenvalue weighted by atomic mass is 9.91. The fraction of sp³-hybridized carbons (Fsp3) is 0.0833. The first-order valence-electron chi connectivity index (χ1n) is 8.40. The molecule has 26 heavy (non-hydrogen) atoms. The Bertz CT molecular complexity index is 930. The zero-order valence-electron chi connectivity index (χ0n) is 14.9. The van der Waals surface area contributed by atoms with Crippen LogP contribution in [0.4, 0.5) is 8.78 Å². The number of benzene rings is 3. The first-order valence-corrected chi connectivity index (χ1v) is 8.40. The van der Waals surface area contributed by atoms with Gasteiger partial charge in [-0.25, -0.2) is 8.78 Å². The van der Waals surface area contributed by atoms with Crippen LogP contribution in [0.2, 0.25) is 0 Å². The van der Waals surface area contributed by atoms with Crippen LogP contribution in [0.1, 0.15) is 22.3 Å². The molecule has 3 rings (SSSR count). The van der Waals surface area contributed by atoms with E-state index in [0.29, 0.717) is 11.1 Å². The minimum atomic E-state index is -0.291. The normalized spacial score (nSPS) is 10.6. The van der Waals surface area contributed by atoms with Crippen LogP contribution in [0.25, 0.3) is 34.4 Å². The van der Waals surface area contributed by atoms with Crippen molar-refractivity contribution in [3.8, 4) is 22.3 Å². The van der Waals surface area contributed by atoms with Gasteiger partial charge in [0.2, 0.25) is 0 Å². The van der Waals surface area contributed by atoms with E-state index in [2.05, 4.69) is 13.2 Å². The first kappa shape index (κ1) is 17.8. The monoisotopic (exact) mass is 346 g/mol. The Balaban J connectivity index is 2.09. The highest BCUT2D eigenvalue weighted by atomic mass is 19.1. The maximum absolute atomic E-state index is 14.1. The topological polar surface area (TPSA) is 0 Å². The molecule has 0 spiro atoms. The Morgan fingerprint density at radius 2 is 1.04 bits per heavy atom. The second kappa shape index (κ2) is 7.09. The van der Waals surface area contributed by atoms with Crippen LogP contribution < -0.4 is 0 Å². The summed E-state index contributed by atoms with van der Waals surface area (Å²) in [7, 11) is 0. The molecule has 0 saturated heterocycles. The molecule has 0 aliphatic rings. The van der Waals surface area contributed by atoms with Crippen molar-refractivity contribution in [1.82, 2.24) is 0 Å². The average Bonchev–Trinajstić information content (AvgIpc) is 2.63. The fourth-order valence-corrected chi connectivity index (χ4v) is 3.16. The average molecular weight is 346 g/mol. The lowest BCUT2D eigenvalue weighted by molar-refractivity contribution is 0.625. The van der Waals surface area contributed by atoms with Crippen LogP contribution in [-0.4, -0.2) is 0 Å². The molecule has 0 aromatic heterocycles. The van der Waals surface area contributed by atoms with Gasteiger partial charge in [-0.3, -0.25) is 0 Å². The summed E-state index contributed by atoms with van der Waals surface area (Å²) in [6.45, 7) is 11.2. The minimum absolute atomic E-state index is 0.291. The molecule has 0 nitrogen and oxygen atoms in total. The van der Waals surface area contributed by atoms with E-state index >= 15 is 0 Å². The zero-order valence-corrected chi connectivity index (χ0v) is 14.9. The molecule has 2 heteroatoms. The SMILES string of the molecule is C=Cc1ccc(-c2cc(C)c(-c3ccc(C=C)c(F)c3)cc2C)cc1F. The first-order chi connectivity index (χ1) is 12.4. The quantitative estimate of drug-likeness (QED) is 0.468. The molecule has 0 amide bonds. The van der Waals surface area contributed by atoms with E-state index in [-0.39, 0.29) is 11.6 Å². The molecular formula is C24H20F2. The Hall–Kier alpha value is -3.00. The number of hydrogen-bond donors (Lipinski definition) is 0. The number of rotatable bonds is 4. The number of aryl methyl sites for hydroxylation is 2. The van der Waals surface area contributed by atoms with Gasteiger partial charge in [-0.15, -0.1) is 0 Å². The highest BCUT2D eigenvalue weighted by Crippen LogP contribution is 2.33. The third kappa shape index (κ3) is 3.23. The van der Waals surface area contributed by atoms with Gasteiger partial charge < -0.3 is 0 Å². The smallest absolute Gasteiger partial charge is 0.131 e. The van der Waals surface area contributed by atoms with Crippen molar-refractivity contribution in [1.29, 1.82) is 0 Å². The molecule has 3 aromatic carbocycles. The molecule has 0 bridgehead atoms. The van der Waals surface area contributed by atoms with Crippen LogP contribution >= 0.6 is 0 Å². The summed E-state index contributed by atoms with van der Waals surface area (Å²) in [5.41, 5.74) is 6.53. The Kier molecular flexibility index (Phi) is 4.85. The van der Waals surface area contributed by atoms with E-state index < -0.39 is 0 Å². The van der Waals surface area contributed by atoms with E-state index in [0.717, 1.165) is 33.4 Å². The van der Waals surface area contributed by atoms with Gasteiger partial charge in [-0.2, -0.15) is 0 Å². The van der Waals surface area contributed by atoms with Gasteiger partial charge in [0.25, 0.3) is 0 Å². The van der Waals surface area contributed by atoms with Crippen LogP contribution in [0.15, 0.2) is 61.7 Å². The van der Waals surface area contributed by atoms with Gasteiger partial charge >= 0.3 is 0 Å². The molecule has 3 aromatic rings. The second-order valence-electron chi connectivity index (χ2n) is 6.36. The molecule has 0 radical (unpaired) electrons. The molecule has 0 aliphatic heterocycles. The predicted octanol–water partition coefficient (Wildman–Crippen LogP) is 7.20. The maximum atomic E-state index is 14.1.